The van der Waals surface area contributed by atoms with E-state index in [0.29, 0.717) is 6.42 Å². The Morgan fingerprint density at radius 1 is 0.875 bits per heavy atom. The molecule has 2 atom stereocenters. The van der Waals surface area contributed by atoms with Gasteiger partial charge in [0.25, 0.3) is 0 Å². The summed E-state index contributed by atoms with van der Waals surface area (Å²) >= 11 is 0. The summed E-state index contributed by atoms with van der Waals surface area (Å²) in [6, 6.07) is 26.9. The van der Waals surface area contributed by atoms with Crippen molar-refractivity contribution in [3.63, 3.8) is 0 Å². The van der Waals surface area contributed by atoms with Crippen LogP contribution in [0.4, 0.5) is 4.39 Å². The fourth-order valence-electron chi connectivity index (χ4n) is 3.95. The largest absolute Gasteiger partial charge is 0.248 e. The summed E-state index contributed by atoms with van der Waals surface area (Å²) in [5.41, 5.74) is 6.36. The molecule has 0 aliphatic rings. The number of aryl methyl sites for hydroxylation is 1. The molecule has 0 heterocycles. The molecule has 0 spiro atoms. The van der Waals surface area contributed by atoms with E-state index < -0.39 is 6.17 Å². The second kappa shape index (κ2) is 12.1. The van der Waals surface area contributed by atoms with Gasteiger partial charge in [0.15, 0.2) is 0 Å². The highest BCUT2D eigenvalue weighted by Gasteiger charge is 2.15. The first kappa shape index (κ1) is 23.6. The van der Waals surface area contributed by atoms with Crippen molar-refractivity contribution in [2.24, 2.45) is 10.2 Å². The van der Waals surface area contributed by atoms with Gasteiger partial charge in [0.1, 0.15) is 5.71 Å². The molecule has 2 nitrogen and oxygen atoms in total. The van der Waals surface area contributed by atoms with Gasteiger partial charge >= 0.3 is 0 Å². The lowest BCUT2D eigenvalue weighted by molar-refractivity contribution is 0.312. The predicted molar refractivity (Wildman–Crippen MR) is 135 cm³/mol. The van der Waals surface area contributed by atoms with Crippen LogP contribution in [0, 0.1) is 0 Å². The molecule has 2 unspecified atom stereocenters. The molecular weight excluding hydrogens is 395 g/mol. The maximum absolute atomic E-state index is 13.7. The van der Waals surface area contributed by atoms with Gasteiger partial charge in [0.05, 0.1) is 12.4 Å². The van der Waals surface area contributed by atoms with Crippen LogP contribution in [0.25, 0.3) is 0 Å². The minimum Gasteiger partial charge on any atom is -0.248 e. The smallest absolute Gasteiger partial charge is 0.100 e. The number of hydrogen-bond donors (Lipinski definition) is 0. The molecule has 0 saturated carbocycles. The van der Waals surface area contributed by atoms with Crippen LogP contribution in [0.5, 0.6) is 0 Å². The highest BCUT2D eigenvalue weighted by molar-refractivity contribution is 6.13. The first-order valence-corrected chi connectivity index (χ1v) is 11.6. The van der Waals surface area contributed by atoms with Crippen molar-refractivity contribution < 1.29 is 4.39 Å². The van der Waals surface area contributed by atoms with E-state index in [2.05, 4.69) is 72.6 Å². The lowest BCUT2D eigenvalue weighted by atomic mass is 9.89. The molecule has 32 heavy (non-hydrogen) atoms. The van der Waals surface area contributed by atoms with Crippen molar-refractivity contribution in [1.29, 1.82) is 0 Å². The summed E-state index contributed by atoms with van der Waals surface area (Å²) in [6.45, 7) is 5.94. The molecule has 3 aromatic rings. The van der Waals surface area contributed by atoms with E-state index in [0.717, 1.165) is 41.7 Å². The van der Waals surface area contributed by atoms with E-state index in [-0.39, 0.29) is 5.92 Å². The average molecular weight is 429 g/mol. The Labute approximate surface area is 191 Å². The van der Waals surface area contributed by atoms with Crippen LogP contribution in [0.1, 0.15) is 73.8 Å². The van der Waals surface area contributed by atoms with Crippen molar-refractivity contribution in [1.82, 2.24) is 0 Å². The standard InChI is InChI=1S/C29H33FN2/c1-4-9-28(20-22(3)30)25-16-18-27(19-17-25)29(26-10-7-6-8-11-26)32-31-21-24-14-12-23(5-2)13-15-24/h6-8,10-19,21-22,28H,4-5,9,20H2,1-3H3. The summed E-state index contributed by atoms with van der Waals surface area (Å²) in [6.07, 6.45) is 4.61. The van der Waals surface area contributed by atoms with Crippen LogP contribution in [0.2, 0.25) is 0 Å². The molecule has 0 aliphatic heterocycles. The molecule has 166 valence electrons. The molecule has 3 aromatic carbocycles. The van der Waals surface area contributed by atoms with Crippen LogP contribution < -0.4 is 0 Å². The average Bonchev–Trinajstić information content (AvgIpc) is 2.82. The lowest BCUT2D eigenvalue weighted by Gasteiger charge is -2.18. The molecule has 3 rings (SSSR count). The number of alkyl halides is 1. The highest BCUT2D eigenvalue weighted by atomic mass is 19.1. The van der Waals surface area contributed by atoms with Gasteiger partial charge < -0.3 is 0 Å². The number of rotatable bonds is 10. The number of benzene rings is 3. The van der Waals surface area contributed by atoms with Gasteiger partial charge in [-0.2, -0.15) is 5.10 Å². The zero-order valence-corrected chi connectivity index (χ0v) is 19.3. The van der Waals surface area contributed by atoms with E-state index in [1.165, 1.54) is 11.1 Å². The fourth-order valence-corrected chi connectivity index (χ4v) is 3.95. The molecule has 0 fully saturated rings. The third-order valence-electron chi connectivity index (χ3n) is 5.70. The second-order valence-corrected chi connectivity index (χ2v) is 8.28. The predicted octanol–water partition coefficient (Wildman–Crippen LogP) is 7.75. The van der Waals surface area contributed by atoms with E-state index in [4.69, 9.17) is 0 Å². The SMILES string of the molecule is CCCC(CC(C)F)c1ccc(C(=NN=Cc2ccc(CC)cc2)c2ccccc2)cc1. The molecule has 0 radical (unpaired) electrons. The van der Waals surface area contributed by atoms with E-state index in [1.54, 1.807) is 13.1 Å². The van der Waals surface area contributed by atoms with Crippen LogP contribution in [-0.4, -0.2) is 18.1 Å². The van der Waals surface area contributed by atoms with Crippen molar-refractivity contribution in [3.8, 4) is 0 Å². The van der Waals surface area contributed by atoms with Crippen molar-refractivity contribution in [2.75, 3.05) is 0 Å². The topological polar surface area (TPSA) is 24.7 Å². The van der Waals surface area contributed by atoms with Crippen LogP contribution >= 0.6 is 0 Å². The number of hydrogen-bond acceptors (Lipinski definition) is 2. The van der Waals surface area contributed by atoms with E-state index >= 15 is 0 Å². The molecule has 0 aromatic heterocycles. The summed E-state index contributed by atoms with van der Waals surface area (Å²) < 4.78 is 13.7. The Morgan fingerprint density at radius 3 is 2.12 bits per heavy atom. The Morgan fingerprint density at radius 2 is 1.53 bits per heavy atom. The first-order chi connectivity index (χ1) is 15.6. The van der Waals surface area contributed by atoms with Gasteiger partial charge in [-0.1, -0.05) is 99.1 Å². The zero-order chi connectivity index (χ0) is 22.8. The third-order valence-corrected chi connectivity index (χ3v) is 5.70. The Bertz CT molecular complexity index is 1000. The number of nitrogens with zero attached hydrogens (tertiary/aromatic N) is 2. The third kappa shape index (κ3) is 6.71. The molecule has 3 heteroatoms. The normalized spacial score (nSPS) is 13.9. The van der Waals surface area contributed by atoms with Gasteiger partial charge in [-0.05, 0) is 48.8 Å². The van der Waals surface area contributed by atoms with Gasteiger partial charge in [0, 0.05) is 11.1 Å². The molecule has 0 aliphatic carbocycles. The monoisotopic (exact) mass is 428 g/mol. The Kier molecular flexibility index (Phi) is 8.91. The van der Waals surface area contributed by atoms with Gasteiger partial charge in [-0.15, -0.1) is 5.10 Å². The van der Waals surface area contributed by atoms with E-state index in [1.807, 2.05) is 30.3 Å². The minimum absolute atomic E-state index is 0.246. The second-order valence-electron chi connectivity index (χ2n) is 8.28. The Hall–Kier alpha value is -3.07. The Balaban J connectivity index is 1.88. The maximum atomic E-state index is 13.7. The summed E-state index contributed by atoms with van der Waals surface area (Å²) in [7, 11) is 0. The van der Waals surface area contributed by atoms with Crippen molar-refractivity contribution in [2.45, 2.75) is 58.5 Å². The molecular formula is C29H33FN2. The first-order valence-electron chi connectivity index (χ1n) is 11.6. The quantitative estimate of drug-likeness (QED) is 0.233. The van der Waals surface area contributed by atoms with Crippen LogP contribution in [0.3, 0.4) is 0 Å². The fraction of sp³-hybridized carbons (Fsp3) is 0.310. The van der Waals surface area contributed by atoms with Gasteiger partial charge in [-0.3, -0.25) is 0 Å². The minimum atomic E-state index is -0.798. The summed E-state index contributed by atoms with van der Waals surface area (Å²) in [4.78, 5) is 0. The lowest BCUT2D eigenvalue weighted by Crippen LogP contribution is -2.07. The van der Waals surface area contributed by atoms with Gasteiger partial charge in [0.2, 0.25) is 0 Å². The molecule has 0 saturated heterocycles. The van der Waals surface area contributed by atoms with Gasteiger partial charge in [-0.25, -0.2) is 4.39 Å². The summed E-state index contributed by atoms with van der Waals surface area (Å²) in [5, 5.41) is 8.98. The van der Waals surface area contributed by atoms with E-state index in [9.17, 15) is 4.39 Å². The molecule has 0 bridgehead atoms. The number of halogens is 1. The van der Waals surface area contributed by atoms with Crippen molar-refractivity contribution >= 4 is 11.9 Å². The van der Waals surface area contributed by atoms with Crippen LogP contribution in [-0.2, 0) is 6.42 Å². The maximum Gasteiger partial charge on any atom is 0.100 e. The molecule has 0 N–H and O–H groups in total. The van der Waals surface area contributed by atoms with Crippen LogP contribution in [0.15, 0.2) is 89.1 Å². The van der Waals surface area contributed by atoms with Crippen molar-refractivity contribution in [3.05, 3.63) is 107 Å². The zero-order valence-electron chi connectivity index (χ0n) is 19.3. The highest BCUT2D eigenvalue weighted by Crippen LogP contribution is 2.28. The molecule has 0 amide bonds. The summed E-state index contributed by atoms with van der Waals surface area (Å²) in [5.74, 6) is 0.246.